The zero-order chi connectivity index (χ0) is 18.5. The normalized spacial score (nSPS) is 24.4. The molecule has 0 atom stereocenters. The fraction of sp³-hybridized carbons (Fsp3) is 0.750. The number of nitrogens with zero attached hydrogens (tertiary/aromatic N) is 4. The van der Waals surface area contributed by atoms with E-state index in [9.17, 15) is 4.79 Å². The summed E-state index contributed by atoms with van der Waals surface area (Å²) in [7, 11) is 0. The Balaban J connectivity index is 0.000000314. The number of aromatic nitrogens is 2. The molecule has 7 heteroatoms. The van der Waals surface area contributed by atoms with Crippen LogP contribution in [0.15, 0.2) is 12.4 Å². The second-order valence-electron chi connectivity index (χ2n) is 8.12. The summed E-state index contributed by atoms with van der Waals surface area (Å²) in [6, 6.07) is 0. The first-order valence-electron chi connectivity index (χ1n) is 10.6. The van der Waals surface area contributed by atoms with Crippen molar-refractivity contribution >= 4 is 17.5 Å². The summed E-state index contributed by atoms with van der Waals surface area (Å²) in [4.78, 5) is 26.0. The number of carbonyl (C=O) groups excluding carboxylic acids is 1. The van der Waals surface area contributed by atoms with E-state index in [4.69, 9.17) is 0 Å². The van der Waals surface area contributed by atoms with Crippen molar-refractivity contribution in [3.8, 4) is 0 Å². The maximum Gasteiger partial charge on any atom is 0.234 e. The Morgan fingerprint density at radius 2 is 1.41 bits per heavy atom. The molecule has 5 heterocycles. The highest BCUT2D eigenvalue weighted by atomic mass is 16.2. The van der Waals surface area contributed by atoms with Crippen LogP contribution in [-0.4, -0.2) is 61.7 Å². The van der Waals surface area contributed by atoms with Gasteiger partial charge < -0.3 is 15.5 Å². The van der Waals surface area contributed by atoms with Gasteiger partial charge in [0.05, 0.1) is 17.8 Å². The number of amides is 1. The molecule has 4 aliphatic rings. The third-order valence-corrected chi connectivity index (χ3v) is 6.36. The van der Waals surface area contributed by atoms with Crippen molar-refractivity contribution in [3.05, 3.63) is 12.4 Å². The lowest BCUT2D eigenvalue weighted by molar-refractivity contribution is -0.126. The van der Waals surface area contributed by atoms with Crippen LogP contribution in [0.25, 0.3) is 0 Å². The van der Waals surface area contributed by atoms with Gasteiger partial charge in [-0.05, 0) is 71.1 Å². The van der Waals surface area contributed by atoms with Gasteiger partial charge in [-0.3, -0.25) is 9.69 Å². The molecule has 27 heavy (non-hydrogen) atoms. The van der Waals surface area contributed by atoms with Crippen molar-refractivity contribution in [2.45, 2.75) is 44.9 Å². The zero-order valence-electron chi connectivity index (χ0n) is 16.3. The molecule has 0 bridgehead atoms. The van der Waals surface area contributed by atoms with E-state index < -0.39 is 0 Å². The number of rotatable bonds is 2. The molecule has 1 amide bonds. The van der Waals surface area contributed by atoms with E-state index in [1.807, 2.05) is 11.1 Å². The van der Waals surface area contributed by atoms with Gasteiger partial charge in [0.2, 0.25) is 5.91 Å². The van der Waals surface area contributed by atoms with Gasteiger partial charge in [-0.1, -0.05) is 0 Å². The summed E-state index contributed by atoms with van der Waals surface area (Å²) in [5.74, 6) is 1.89. The van der Waals surface area contributed by atoms with Gasteiger partial charge >= 0.3 is 0 Å². The third kappa shape index (κ3) is 4.09. The van der Waals surface area contributed by atoms with Gasteiger partial charge in [-0.15, -0.1) is 0 Å². The molecule has 2 N–H and O–H groups in total. The van der Waals surface area contributed by atoms with Gasteiger partial charge in [0.15, 0.2) is 5.82 Å². The second kappa shape index (κ2) is 8.52. The van der Waals surface area contributed by atoms with Crippen molar-refractivity contribution in [3.63, 3.8) is 0 Å². The molecule has 4 fully saturated rings. The van der Waals surface area contributed by atoms with Gasteiger partial charge in [-0.2, -0.15) is 0 Å². The third-order valence-electron chi connectivity index (χ3n) is 6.36. The molecule has 4 aliphatic heterocycles. The minimum absolute atomic E-state index is 0.152. The lowest BCUT2D eigenvalue weighted by atomic mass is 9.78. The molecule has 0 unspecified atom stereocenters. The first-order valence-corrected chi connectivity index (χ1v) is 10.6. The molecule has 148 valence electrons. The van der Waals surface area contributed by atoms with E-state index >= 15 is 0 Å². The Bertz CT molecular complexity index is 610. The SMILES string of the molecule is C1CCNC1.O=C1N(c2cnc(N3CCCC3)cn2)CCC12CCNCC2. The van der Waals surface area contributed by atoms with Crippen molar-refractivity contribution in [1.82, 2.24) is 20.6 Å². The van der Waals surface area contributed by atoms with E-state index in [1.54, 1.807) is 6.20 Å². The first-order chi connectivity index (χ1) is 13.3. The van der Waals surface area contributed by atoms with Crippen molar-refractivity contribution < 1.29 is 4.79 Å². The van der Waals surface area contributed by atoms with Crippen LogP contribution in [0.3, 0.4) is 0 Å². The Kier molecular flexibility index (Phi) is 5.88. The average molecular weight is 373 g/mol. The molecule has 1 aromatic heterocycles. The average Bonchev–Trinajstić information content (AvgIpc) is 3.49. The molecule has 7 nitrogen and oxygen atoms in total. The lowest BCUT2D eigenvalue weighted by Gasteiger charge is -2.31. The van der Waals surface area contributed by atoms with Crippen LogP contribution >= 0.6 is 0 Å². The molecule has 5 rings (SSSR count). The quantitative estimate of drug-likeness (QED) is 0.821. The fourth-order valence-electron chi connectivity index (χ4n) is 4.60. The largest absolute Gasteiger partial charge is 0.355 e. The fourth-order valence-corrected chi connectivity index (χ4v) is 4.60. The van der Waals surface area contributed by atoms with Crippen LogP contribution in [0.1, 0.15) is 44.9 Å². The second-order valence-corrected chi connectivity index (χ2v) is 8.12. The molecular weight excluding hydrogens is 340 g/mol. The van der Waals surface area contributed by atoms with Gasteiger partial charge in [-0.25, -0.2) is 9.97 Å². The van der Waals surface area contributed by atoms with Crippen molar-refractivity contribution in [2.24, 2.45) is 5.41 Å². The summed E-state index contributed by atoms with van der Waals surface area (Å²) in [6.07, 6.45) is 11.7. The maximum atomic E-state index is 12.8. The molecule has 4 saturated heterocycles. The van der Waals surface area contributed by atoms with Crippen LogP contribution in [0.4, 0.5) is 11.6 Å². The van der Waals surface area contributed by atoms with Crippen molar-refractivity contribution in [1.29, 1.82) is 0 Å². The van der Waals surface area contributed by atoms with Crippen LogP contribution < -0.4 is 20.4 Å². The Morgan fingerprint density at radius 3 is 2.00 bits per heavy atom. The molecule has 0 radical (unpaired) electrons. The number of nitrogens with one attached hydrogen (secondary N) is 2. The van der Waals surface area contributed by atoms with Crippen LogP contribution in [0, 0.1) is 5.41 Å². The van der Waals surface area contributed by atoms with Crippen LogP contribution in [-0.2, 0) is 4.79 Å². The van der Waals surface area contributed by atoms with Crippen LogP contribution in [0.2, 0.25) is 0 Å². The Morgan fingerprint density at radius 1 is 0.778 bits per heavy atom. The van der Waals surface area contributed by atoms with E-state index in [0.29, 0.717) is 5.82 Å². The topological polar surface area (TPSA) is 73.4 Å². The minimum atomic E-state index is -0.152. The van der Waals surface area contributed by atoms with E-state index in [-0.39, 0.29) is 11.3 Å². The van der Waals surface area contributed by atoms with E-state index in [0.717, 1.165) is 57.8 Å². The summed E-state index contributed by atoms with van der Waals surface area (Å²) in [5.41, 5.74) is -0.152. The highest BCUT2D eigenvalue weighted by Gasteiger charge is 2.47. The summed E-state index contributed by atoms with van der Waals surface area (Å²) >= 11 is 0. The maximum absolute atomic E-state index is 12.8. The summed E-state index contributed by atoms with van der Waals surface area (Å²) < 4.78 is 0. The van der Waals surface area contributed by atoms with E-state index in [2.05, 4.69) is 25.5 Å². The molecule has 1 aromatic rings. The summed E-state index contributed by atoms with van der Waals surface area (Å²) in [5, 5.41) is 6.57. The Labute approximate surface area is 161 Å². The smallest absolute Gasteiger partial charge is 0.234 e. The predicted molar refractivity (Wildman–Crippen MR) is 107 cm³/mol. The van der Waals surface area contributed by atoms with Gasteiger partial charge in [0, 0.05) is 19.6 Å². The van der Waals surface area contributed by atoms with Crippen molar-refractivity contribution in [2.75, 3.05) is 55.6 Å². The first kappa shape index (κ1) is 18.6. The summed E-state index contributed by atoms with van der Waals surface area (Å²) in [6.45, 7) is 7.29. The standard InChI is InChI=1S/C16H23N5O.C4H9N/c22-15-16(3-6-17-7-4-16)5-10-21(15)14-12-18-13(11-19-14)20-8-1-2-9-20;1-2-4-5-3-1/h11-12,17H,1-10H2;5H,1-4H2. The van der Waals surface area contributed by atoms with E-state index in [1.165, 1.54) is 38.8 Å². The number of hydrogen-bond acceptors (Lipinski definition) is 6. The monoisotopic (exact) mass is 372 g/mol. The number of hydrogen-bond donors (Lipinski definition) is 2. The van der Waals surface area contributed by atoms with Gasteiger partial charge in [0.25, 0.3) is 0 Å². The molecule has 0 aromatic carbocycles. The van der Waals surface area contributed by atoms with Crippen LogP contribution in [0.5, 0.6) is 0 Å². The number of carbonyl (C=O) groups is 1. The highest BCUT2D eigenvalue weighted by Crippen LogP contribution is 2.41. The molecular formula is C20H32N6O. The number of anilines is 2. The lowest BCUT2D eigenvalue weighted by Crippen LogP contribution is -2.42. The van der Waals surface area contributed by atoms with Gasteiger partial charge in [0.1, 0.15) is 5.82 Å². The predicted octanol–water partition coefficient (Wildman–Crippen LogP) is 1.55. The Hall–Kier alpha value is -1.73. The number of piperidine rings is 1. The molecule has 0 aliphatic carbocycles. The highest BCUT2D eigenvalue weighted by molar-refractivity contribution is 5.99. The minimum Gasteiger partial charge on any atom is -0.355 e. The molecule has 0 saturated carbocycles. The molecule has 1 spiro atoms. The zero-order valence-corrected chi connectivity index (χ0v) is 16.3.